The van der Waals surface area contributed by atoms with Crippen molar-refractivity contribution in [2.24, 2.45) is 0 Å². The van der Waals surface area contributed by atoms with Crippen LogP contribution in [0.15, 0.2) is 69.1 Å². The number of imide groups is 2. The summed E-state index contributed by atoms with van der Waals surface area (Å²) in [6.45, 7) is 3.29. The molecule has 1 saturated heterocycles. The molecule has 8 nitrogen and oxygen atoms in total. The van der Waals surface area contributed by atoms with Gasteiger partial charge in [-0.1, -0.05) is 45.7 Å². The Kier molecular flexibility index (Phi) is 8.35. The molecule has 0 aliphatic carbocycles. The number of carbonyl (C=O) groups excluding carboxylic acids is 4. The van der Waals surface area contributed by atoms with Gasteiger partial charge in [0.15, 0.2) is 6.61 Å². The van der Waals surface area contributed by atoms with E-state index in [-0.39, 0.29) is 23.6 Å². The van der Waals surface area contributed by atoms with Gasteiger partial charge in [0.2, 0.25) is 0 Å². The number of halogens is 3. The zero-order valence-corrected chi connectivity index (χ0v) is 24.0. The molecule has 0 spiro atoms. The van der Waals surface area contributed by atoms with Crippen LogP contribution in [0, 0.1) is 13.8 Å². The normalized spacial score (nSPS) is 14.5. The lowest BCUT2D eigenvalue weighted by Crippen LogP contribution is -2.54. The van der Waals surface area contributed by atoms with E-state index >= 15 is 0 Å². The van der Waals surface area contributed by atoms with Crippen molar-refractivity contribution in [3.8, 4) is 5.75 Å². The fraction of sp³-hybridized carbons (Fsp3) is 0.111. The maximum atomic E-state index is 13.4. The smallest absolute Gasteiger partial charge is 0.335 e. The van der Waals surface area contributed by atoms with Crippen LogP contribution in [-0.4, -0.2) is 30.4 Å². The molecule has 3 aromatic carbocycles. The zero-order valence-electron chi connectivity index (χ0n) is 20.1. The Hall–Kier alpha value is -3.47. The Morgan fingerprint density at radius 2 is 1.84 bits per heavy atom. The highest BCUT2D eigenvalue weighted by Crippen LogP contribution is 2.35. The maximum absolute atomic E-state index is 13.4. The number of hydrogen-bond donors (Lipinski definition) is 2. The van der Waals surface area contributed by atoms with Crippen molar-refractivity contribution < 1.29 is 23.9 Å². The number of hydrogen-bond acceptors (Lipinski definition) is 5. The van der Waals surface area contributed by atoms with Crippen LogP contribution in [0.25, 0.3) is 6.08 Å². The second-order valence-electron chi connectivity index (χ2n) is 8.40. The lowest BCUT2D eigenvalue weighted by molar-refractivity contribution is -0.122. The van der Waals surface area contributed by atoms with E-state index in [2.05, 4.69) is 42.5 Å². The van der Waals surface area contributed by atoms with Crippen molar-refractivity contribution in [1.82, 2.24) is 5.32 Å². The Morgan fingerprint density at radius 3 is 2.58 bits per heavy atom. The molecular weight excluding hydrogens is 642 g/mol. The summed E-state index contributed by atoms with van der Waals surface area (Å²) in [7, 11) is 0. The number of nitrogens with one attached hydrogen (secondary N) is 2. The van der Waals surface area contributed by atoms with Crippen molar-refractivity contribution in [2.75, 3.05) is 16.8 Å². The van der Waals surface area contributed by atoms with Gasteiger partial charge in [-0.15, -0.1) is 0 Å². The Labute approximate surface area is 240 Å². The molecule has 11 heteroatoms. The van der Waals surface area contributed by atoms with E-state index in [0.717, 1.165) is 10.5 Å². The molecule has 1 aliphatic rings. The van der Waals surface area contributed by atoms with Crippen LogP contribution in [0.2, 0.25) is 5.02 Å². The van der Waals surface area contributed by atoms with Crippen LogP contribution in [0.1, 0.15) is 16.7 Å². The standard InChI is InChI=1S/C27H20Br2ClN3O5/c1-14-4-3-5-19(8-14)31-23(34)13-38-24-16(9-17(28)11-21(24)29)10-20-25(35)32-27(37)33(26(20)36)22-12-18(30)7-6-15(22)2/h3-12H,13H2,1-2H3,(H,31,34)(H,32,35,37)/b20-10+. The third-order valence-electron chi connectivity index (χ3n) is 5.50. The Bertz CT molecular complexity index is 1520. The van der Waals surface area contributed by atoms with Gasteiger partial charge in [0.1, 0.15) is 11.3 Å². The van der Waals surface area contributed by atoms with Crippen LogP contribution < -0.4 is 20.3 Å². The quantitative estimate of drug-likeness (QED) is 0.243. The van der Waals surface area contributed by atoms with Crippen LogP contribution in [0.4, 0.5) is 16.2 Å². The van der Waals surface area contributed by atoms with Gasteiger partial charge in [0.25, 0.3) is 17.7 Å². The average molecular weight is 662 g/mol. The minimum Gasteiger partial charge on any atom is -0.482 e. The molecule has 1 fully saturated rings. The number of anilines is 2. The first-order chi connectivity index (χ1) is 18.0. The third-order valence-corrected chi connectivity index (χ3v) is 6.78. The van der Waals surface area contributed by atoms with Gasteiger partial charge in [-0.25, -0.2) is 9.69 Å². The van der Waals surface area contributed by atoms with Crippen molar-refractivity contribution in [3.63, 3.8) is 0 Å². The molecule has 0 saturated carbocycles. The molecule has 38 heavy (non-hydrogen) atoms. The summed E-state index contributed by atoms with van der Waals surface area (Å²) < 4.78 is 6.90. The van der Waals surface area contributed by atoms with E-state index in [9.17, 15) is 19.2 Å². The molecule has 0 aromatic heterocycles. The number of urea groups is 1. The Balaban J connectivity index is 1.65. The molecule has 1 aliphatic heterocycles. The number of carbonyl (C=O) groups is 4. The number of nitrogens with zero attached hydrogens (tertiary/aromatic N) is 1. The van der Waals surface area contributed by atoms with Crippen molar-refractivity contribution >= 4 is 84.7 Å². The number of rotatable bonds is 6. The fourth-order valence-corrected chi connectivity index (χ4v) is 5.29. The first kappa shape index (κ1) is 27.6. The highest BCUT2D eigenvalue weighted by Gasteiger charge is 2.37. The lowest BCUT2D eigenvalue weighted by atomic mass is 10.0. The summed E-state index contributed by atoms with van der Waals surface area (Å²) in [6.07, 6.45) is 1.31. The molecule has 194 valence electrons. The molecule has 2 N–H and O–H groups in total. The second-order valence-corrected chi connectivity index (χ2v) is 10.6. The second kappa shape index (κ2) is 11.5. The molecule has 4 rings (SSSR count). The molecule has 3 aromatic rings. The first-order valence-corrected chi connectivity index (χ1v) is 13.2. The summed E-state index contributed by atoms with van der Waals surface area (Å²) in [5.41, 5.74) is 2.50. The zero-order chi connectivity index (χ0) is 27.6. The summed E-state index contributed by atoms with van der Waals surface area (Å²) >= 11 is 12.9. The van der Waals surface area contributed by atoms with E-state index < -0.39 is 23.8 Å². The topological polar surface area (TPSA) is 105 Å². The predicted molar refractivity (Wildman–Crippen MR) is 152 cm³/mol. The van der Waals surface area contributed by atoms with E-state index in [0.29, 0.717) is 30.8 Å². The minimum absolute atomic E-state index is 0.225. The Morgan fingerprint density at radius 1 is 1.08 bits per heavy atom. The molecule has 5 amide bonds. The van der Waals surface area contributed by atoms with Crippen molar-refractivity contribution in [2.45, 2.75) is 13.8 Å². The van der Waals surface area contributed by atoms with Gasteiger partial charge in [0, 0.05) is 20.7 Å². The number of ether oxygens (including phenoxy) is 1. The van der Waals surface area contributed by atoms with E-state index in [4.69, 9.17) is 16.3 Å². The number of barbiturate groups is 1. The van der Waals surface area contributed by atoms with Crippen LogP contribution in [-0.2, 0) is 14.4 Å². The molecule has 0 radical (unpaired) electrons. The van der Waals surface area contributed by atoms with Gasteiger partial charge >= 0.3 is 6.03 Å². The minimum atomic E-state index is -0.887. The molecule has 0 bridgehead atoms. The van der Waals surface area contributed by atoms with Gasteiger partial charge in [-0.05, 0) is 83.4 Å². The third kappa shape index (κ3) is 6.15. The van der Waals surface area contributed by atoms with E-state index in [1.54, 1.807) is 37.3 Å². The van der Waals surface area contributed by atoms with Crippen LogP contribution in [0.3, 0.4) is 0 Å². The molecule has 0 unspecified atom stereocenters. The van der Waals surface area contributed by atoms with E-state index in [1.807, 2.05) is 25.1 Å². The summed E-state index contributed by atoms with van der Waals surface area (Å²) in [5, 5.41) is 5.28. The first-order valence-electron chi connectivity index (χ1n) is 11.2. The average Bonchev–Trinajstić information content (AvgIpc) is 2.83. The highest BCUT2D eigenvalue weighted by atomic mass is 79.9. The van der Waals surface area contributed by atoms with Crippen molar-refractivity contribution in [3.05, 3.63) is 90.8 Å². The molecule has 0 atom stereocenters. The predicted octanol–water partition coefficient (Wildman–Crippen LogP) is 6.17. The maximum Gasteiger partial charge on any atom is 0.335 e. The van der Waals surface area contributed by atoms with Crippen molar-refractivity contribution in [1.29, 1.82) is 0 Å². The number of aryl methyl sites for hydroxylation is 2. The molecule has 1 heterocycles. The summed E-state index contributed by atoms with van der Waals surface area (Å²) in [4.78, 5) is 52.1. The fourth-order valence-electron chi connectivity index (χ4n) is 3.75. The van der Waals surface area contributed by atoms with Gasteiger partial charge in [-0.3, -0.25) is 19.7 Å². The van der Waals surface area contributed by atoms with Crippen LogP contribution in [0.5, 0.6) is 5.75 Å². The number of amides is 5. The van der Waals surface area contributed by atoms with Crippen LogP contribution >= 0.6 is 43.5 Å². The van der Waals surface area contributed by atoms with Gasteiger partial charge < -0.3 is 10.1 Å². The van der Waals surface area contributed by atoms with E-state index in [1.165, 1.54) is 12.1 Å². The summed E-state index contributed by atoms with van der Waals surface area (Å²) in [6, 6.07) is 14.5. The molecular formula is C27H20Br2ClN3O5. The summed E-state index contributed by atoms with van der Waals surface area (Å²) in [5.74, 6) is -1.87. The van der Waals surface area contributed by atoms with Gasteiger partial charge in [-0.2, -0.15) is 0 Å². The highest BCUT2D eigenvalue weighted by molar-refractivity contribution is 9.11. The lowest BCUT2D eigenvalue weighted by Gasteiger charge is -2.27. The number of benzene rings is 3. The SMILES string of the molecule is Cc1cccc(NC(=O)COc2c(Br)cc(Br)cc2/C=C2\C(=O)NC(=O)N(c3cc(Cl)ccc3C)C2=O)c1. The van der Waals surface area contributed by atoms with Gasteiger partial charge in [0.05, 0.1) is 10.2 Å². The largest absolute Gasteiger partial charge is 0.482 e. The monoisotopic (exact) mass is 659 g/mol.